The molecule has 2 unspecified atom stereocenters. The Labute approximate surface area is 96.9 Å². The van der Waals surface area contributed by atoms with Gasteiger partial charge in [-0.15, -0.1) is 0 Å². The maximum atomic E-state index is 8.46. The molecule has 4 heteroatoms. The van der Waals surface area contributed by atoms with Crippen molar-refractivity contribution < 1.29 is 14.7 Å². The van der Waals surface area contributed by atoms with Crippen LogP contribution in [0.25, 0.3) is 0 Å². The van der Waals surface area contributed by atoms with Crippen LogP contribution in [0.15, 0.2) is 16.8 Å². The molecule has 16 heavy (non-hydrogen) atoms. The smallest absolute Gasteiger partial charge is 0.0913 e. The van der Waals surface area contributed by atoms with Crippen molar-refractivity contribution >= 4 is 6.21 Å². The maximum absolute atomic E-state index is 8.46. The molecular weight excluding hydrogens is 206 g/mol. The van der Waals surface area contributed by atoms with Gasteiger partial charge in [-0.05, 0) is 37.7 Å². The van der Waals surface area contributed by atoms with Gasteiger partial charge in [-0.1, -0.05) is 11.2 Å². The van der Waals surface area contributed by atoms with Crippen molar-refractivity contribution in [1.82, 2.24) is 0 Å². The molecule has 0 fully saturated rings. The highest BCUT2D eigenvalue weighted by Crippen LogP contribution is 2.33. The molecule has 0 spiro atoms. The largest absolute Gasteiger partial charge is 0.411 e. The zero-order chi connectivity index (χ0) is 12.0. The summed E-state index contributed by atoms with van der Waals surface area (Å²) >= 11 is 0. The average molecular weight is 227 g/mol. The zero-order valence-electron chi connectivity index (χ0n) is 10.3. The Balaban J connectivity index is 2.64. The molecule has 0 heterocycles. The van der Waals surface area contributed by atoms with Crippen molar-refractivity contribution in [2.45, 2.75) is 31.8 Å². The van der Waals surface area contributed by atoms with Crippen LogP contribution in [-0.2, 0) is 9.47 Å². The Kier molecular flexibility index (Phi) is 4.96. The van der Waals surface area contributed by atoms with Crippen LogP contribution in [0.1, 0.15) is 26.2 Å². The van der Waals surface area contributed by atoms with E-state index in [1.165, 1.54) is 6.21 Å². The zero-order valence-corrected chi connectivity index (χ0v) is 10.3. The normalized spacial score (nSPS) is 25.4. The molecular formula is C12H21NO3. The van der Waals surface area contributed by atoms with Crippen LogP contribution >= 0.6 is 0 Å². The summed E-state index contributed by atoms with van der Waals surface area (Å²) in [5.74, 6) is 0.452. The summed E-state index contributed by atoms with van der Waals surface area (Å²) in [5, 5.41) is 11.5. The topological polar surface area (TPSA) is 51.0 Å². The van der Waals surface area contributed by atoms with E-state index in [9.17, 15) is 0 Å². The highest BCUT2D eigenvalue weighted by Gasteiger charge is 2.34. The summed E-state index contributed by atoms with van der Waals surface area (Å²) in [6, 6.07) is 0. The minimum Gasteiger partial charge on any atom is -0.411 e. The van der Waals surface area contributed by atoms with Gasteiger partial charge in [0.25, 0.3) is 0 Å². The fourth-order valence-electron chi connectivity index (χ4n) is 2.23. The van der Waals surface area contributed by atoms with Crippen molar-refractivity contribution in [3.63, 3.8) is 0 Å². The van der Waals surface area contributed by atoms with Gasteiger partial charge in [0, 0.05) is 14.2 Å². The van der Waals surface area contributed by atoms with Crippen LogP contribution in [-0.4, -0.2) is 37.8 Å². The van der Waals surface area contributed by atoms with E-state index in [0.29, 0.717) is 12.5 Å². The Bertz CT molecular complexity index is 275. The van der Waals surface area contributed by atoms with E-state index >= 15 is 0 Å². The third-order valence-corrected chi connectivity index (χ3v) is 3.43. The molecule has 0 radical (unpaired) electrons. The highest BCUT2D eigenvalue weighted by atomic mass is 16.5. The van der Waals surface area contributed by atoms with E-state index in [-0.39, 0.29) is 5.60 Å². The van der Waals surface area contributed by atoms with E-state index in [4.69, 9.17) is 14.7 Å². The molecule has 1 aliphatic carbocycles. The second-order valence-corrected chi connectivity index (χ2v) is 4.44. The molecule has 0 aromatic carbocycles. The predicted molar refractivity (Wildman–Crippen MR) is 63.0 cm³/mol. The average Bonchev–Trinajstić information content (AvgIpc) is 2.30. The quantitative estimate of drug-likeness (QED) is 0.445. The Morgan fingerprint density at radius 1 is 1.62 bits per heavy atom. The Hall–Kier alpha value is -0.870. The number of ether oxygens (including phenoxy) is 2. The van der Waals surface area contributed by atoms with Gasteiger partial charge in [-0.2, -0.15) is 0 Å². The Morgan fingerprint density at radius 3 is 2.81 bits per heavy atom. The van der Waals surface area contributed by atoms with E-state index in [0.717, 1.165) is 24.8 Å². The summed E-state index contributed by atoms with van der Waals surface area (Å²) in [5.41, 5.74) is 0.863. The number of allylic oxidation sites excluding steroid dienone is 2. The van der Waals surface area contributed by atoms with Crippen LogP contribution < -0.4 is 0 Å². The standard InChI is InChI=1S/C12H21NO3/c1-12(16-3,9-15-2)11-6-4-10(5-7-11)8-13-14/h4,8,11,14H,5-7,9H2,1-3H3/b13-8+. The second kappa shape index (κ2) is 6.01. The summed E-state index contributed by atoms with van der Waals surface area (Å²) < 4.78 is 10.8. The molecule has 1 N–H and O–H groups in total. The summed E-state index contributed by atoms with van der Waals surface area (Å²) in [4.78, 5) is 0. The monoisotopic (exact) mass is 227 g/mol. The molecule has 0 aliphatic heterocycles. The van der Waals surface area contributed by atoms with Crippen molar-refractivity contribution in [2.75, 3.05) is 20.8 Å². The van der Waals surface area contributed by atoms with Crippen LogP contribution in [0.4, 0.5) is 0 Å². The van der Waals surface area contributed by atoms with Gasteiger partial charge < -0.3 is 14.7 Å². The fraction of sp³-hybridized carbons (Fsp3) is 0.750. The first-order valence-electron chi connectivity index (χ1n) is 5.57. The van der Waals surface area contributed by atoms with E-state index < -0.39 is 0 Å². The molecule has 2 atom stereocenters. The molecule has 0 saturated heterocycles. The van der Waals surface area contributed by atoms with Gasteiger partial charge >= 0.3 is 0 Å². The van der Waals surface area contributed by atoms with Crippen LogP contribution in [0.2, 0.25) is 0 Å². The summed E-state index contributed by atoms with van der Waals surface area (Å²) in [6.45, 7) is 2.69. The van der Waals surface area contributed by atoms with Gasteiger partial charge in [0.1, 0.15) is 0 Å². The number of nitrogens with zero attached hydrogens (tertiary/aromatic N) is 1. The SMILES string of the molecule is COCC(C)(OC)C1CC=C(/C=N/O)CC1. The van der Waals surface area contributed by atoms with Gasteiger partial charge in [0.05, 0.1) is 18.4 Å². The van der Waals surface area contributed by atoms with E-state index in [1.54, 1.807) is 14.2 Å². The number of methoxy groups -OCH3 is 2. The molecule has 4 nitrogen and oxygen atoms in total. The predicted octanol–water partition coefficient (Wildman–Crippen LogP) is 2.22. The third kappa shape index (κ3) is 3.06. The molecule has 0 amide bonds. The van der Waals surface area contributed by atoms with Crippen molar-refractivity contribution in [2.24, 2.45) is 11.1 Å². The highest BCUT2D eigenvalue weighted by molar-refractivity contribution is 5.78. The maximum Gasteiger partial charge on any atom is 0.0913 e. The lowest BCUT2D eigenvalue weighted by Gasteiger charge is -2.37. The fourth-order valence-corrected chi connectivity index (χ4v) is 2.23. The molecule has 0 aromatic rings. The minimum atomic E-state index is -0.229. The number of hydrogen-bond donors (Lipinski definition) is 1. The van der Waals surface area contributed by atoms with Crippen LogP contribution in [0.5, 0.6) is 0 Å². The summed E-state index contributed by atoms with van der Waals surface area (Å²) in [6.07, 6.45) is 6.52. The molecule has 0 aromatic heterocycles. The minimum absolute atomic E-state index is 0.229. The number of hydrogen-bond acceptors (Lipinski definition) is 4. The van der Waals surface area contributed by atoms with Crippen molar-refractivity contribution in [3.8, 4) is 0 Å². The summed E-state index contributed by atoms with van der Waals surface area (Å²) in [7, 11) is 3.42. The molecule has 0 bridgehead atoms. The van der Waals surface area contributed by atoms with Gasteiger partial charge in [0.15, 0.2) is 0 Å². The lowest BCUT2D eigenvalue weighted by Crippen LogP contribution is -2.42. The number of rotatable bonds is 5. The van der Waals surface area contributed by atoms with Crippen molar-refractivity contribution in [1.29, 1.82) is 0 Å². The second-order valence-electron chi connectivity index (χ2n) is 4.44. The van der Waals surface area contributed by atoms with Crippen molar-refractivity contribution in [3.05, 3.63) is 11.6 Å². The lowest BCUT2D eigenvalue weighted by molar-refractivity contribution is -0.0919. The number of oxime groups is 1. The first kappa shape index (κ1) is 13.2. The van der Waals surface area contributed by atoms with Gasteiger partial charge in [-0.3, -0.25) is 0 Å². The van der Waals surface area contributed by atoms with E-state index in [1.807, 2.05) is 0 Å². The first-order valence-corrected chi connectivity index (χ1v) is 5.57. The first-order chi connectivity index (χ1) is 7.66. The molecule has 1 aliphatic rings. The molecule has 0 saturated carbocycles. The van der Waals surface area contributed by atoms with Crippen LogP contribution in [0.3, 0.4) is 0 Å². The van der Waals surface area contributed by atoms with E-state index in [2.05, 4.69) is 18.2 Å². The third-order valence-electron chi connectivity index (χ3n) is 3.43. The Morgan fingerprint density at radius 2 is 2.38 bits per heavy atom. The molecule has 92 valence electrons. The van der Waals surface area contributed by atoms with Gasteiger partial charge in [-0.25, -0.2) is 0 Å². The molecule has 1 rings (SSSR count). The van der Waals surface area contributed by atoms with Crippen LogP contribution in [0, 0.1) is 5.92 Å². The lowest BCUT2D eigenvalue weighted by atomic mass is 9.79. The van der Waals surface area contributed by atoms with Gasteiger partial charge in [0.2, 0.25) is 0 Å².